The molecular weight excluding hydrogens is 250 g/mol. The summed E-state index contributed by atoms with van der Waals surface area (Å²) >= 11 is 0. The van der Waals surface area contributed by atoms with E-state index in [1.807, 2.05) is 0 Å². The molecule has 2 atom stereocenters. The van der Waals surface area contributed by atoms with Crippen LogP contribution in [-0.4, -0.2) is 53.1 Å². The number of nitrogens with zero attached hydrogens (tertiary/aromatic N) is 2. The lowest BCUT2D eigenvalue weighted by Gasteiger charge is -2.37. The van der Waals surface area contributed by atoms with Crippen molar-refractivity contribution in [2.24, 2.45) is 5.92 Å². The van der Waals surface area contributed by atoms with Crippen LogP contribution in [0.5, 0.6) is 0 Å². The van der Waals surface area contributed by atoms with E-state index >= 15 is 0 Å². The smallest absolute Gasteiger partial charge is 0.244 e. The third-order valence-electron chi connectivity index (χ3n) is 5.20. The quantitative estimate of drug-likeness (QED) is 0.852. The van der Waals surface area contributed by atoms with Crippen molar-refractivity contribution in [2.75, 3.05) is 19.6 Å². The van der Waals surface area contributed by atoms with Gasteiger partial charge >= 0.3 is 0 Å². The zero-order valence-corrected chi connectivity index (χ0v) is 13.2. The summed E-state index contributed by atoms with van der Waals surface area (Å²) in [5.41, 5.74) is -0.176. The number of likely N-dealkylation sites (tertiary alicyclic amines) is 1. The van der Waals surface area contributed by atoms with Gasteiger partial charge in [-0.15, -0.1) is 0 Å². The molecule has 2 saturated heterocycles. The van der Waals surface area contributed by atoms with Crippen LogP contribution in [0.15, 0.2) is 0 Å². The number of nitrogens with one attached hydrogen (secondary N) is 1. The molecule has 2 heterocycles. The molecule has 0 aromatic carbocycles. The van der Waals surface area contributed by atoms with Crippen LogP contribution in [0.1, 0.15) is 52.9 Å². The topological polar surface area (TPSA) is 35.6 Å². The second kappa shape index (κ2) is 5.30. The molecule has 20 heavy (non-hydrogen) atoms. The number of amides is 1. The van der Waals surface area contributed by atoms with Crippen LogP contribution in [0.2, 0.25) is 0 Å². The molecule has 2 aliphatic heterocycles. The second-order valence-electron chi connectivity index (χ2n) is 7.34. The highest BCUT2D eigenvalue weighted by atomic mass is 16.2. The van der Waals surface area contributed by atoms with Crippen molar-refractivity contribution >= 4 is 5.91 Å². The van der Waals surface area contributed by atoms with E-state index in [1.165, 1.54) is 32.4 Å². The first-order valence-corrected chi connectivity index (χ1v) is 8.36. The summed E-state index contributed by atoms with van der Waals surface area (Å²) in [7, 11) is 0. The highest BCUT2D eigenvalue weighted by Gasteiger charge is 2.60. The summed E-state index contributed by atoms with van der Waals surface area (Å²) in [5, 5.41) is 3.62. The van der Waals surface area contributed by atoms with E-state index in [1.54, 1.807) is 0 Å². The molecule has 1 saturated carbocycles. The molecule has 1 amide bonds. The maximum Gasteiger partial charge on any atom is 0.244 e. The fourth-order valence-corrected chi connectivity index (χ4v) is 3.84. The molecule has 2 unspecified atom stereocenters. The largest absolute Gasteiger partial charge is 0.321 e. The lowest BCUT2D eigenvalue weighted by Crippen LogP contribution is -2.51. The van der Waals surface area contributed by atoms with Crippen molar-refractivity contribution in [3.05, 3.63) is 0 Å². The molecule has 0 aromatic rings. The van der Waals surface area contributed by atoms with Crippen LogP contribution >= 0.6 is 0 Å². The van der Waals surface area contributed by atoms with Crippen molar-refractivity contribution in [3.8, 4) is 0 Å². The fraction of sp³-hybridized carbons (Fsp3) is 0.938. The standard InChI is InChI=1S/C16H29N3O/c1-12(2)14-17-16(7-8-16)15(20)19(14)13(3)11-18-9-5-4-6-10-18/h12-14,17H,4-11H2,1-3H3. The second-order valence-corrected chi connectivity index (χ2v) is 7.34. The number of hydrogen-bond acceptors (Lipinski definition) is 3. The van der Waals surface area contributed by atoms with Gasteiger partial charge in [-0.1, -0.05) is 20.3 Å². The Morgan fingerprint density at radius 3 is 2.40 bits per heavy atom. The van der Waals surface area contributed by atoms with Gasteiger partial charge in [-0.3, -0.25) is 10.1 Å². The summed E-state index contributed by atoms with van der Waals surface area (Å²) < 4.78 is 0. The van der Waals surface area contributed by atoms with Gasteiger partial charge < -0.3 is 9.80 Å². The van der Waals surface area contributed by atoms with Crippen LogP contribution in [0.4, 0.5) is 0 Å². The molecule has 3 aliphatic rings. The van der Waals surface area contributed by atoms with E-state index in [-0.39, 0.29) is 11.7 Å². The van der Waals surface area contributed by atoms with Gasteiger partial charge in [0, 0.05) is 12.6 Å². The normalized spacial score (nSPS) is 31.3. The van der Waals surface area contributed by atoms with E-state index in [2.05, 4.69) is 35.9 Å². The summed E-state index contributed by atoms with van der Waals surface area (Å²) in [4.78, 5) is 17.4. The zero-order valence-electron chi connectivity index (χ0n) is 13.2. The molecule has 0 bridgehead atoms. The Labute approximate surface area is 122 Å². The van der Waals surface area contributed by atoms with Gasteiger partial charge in [0.1, 0.15) is 0 Å². The van der Waals surface area contributed by atoms with E-state index in [0.29, 0.717) is 17.9 Å². The molecule has 0 radical (unpaired) electrons. The van der Waals surface area contributed by atoms with Gasteiger partial charge in [0.25, 0.3) is 0 Å². The summed E-state index contributed by atoms with van der Waals surface area (Å²) in [6, 6.07) is 0.320. The fourth-order valence-electron chi connectivity index (χ4n) is 3.84. The van der Waals surface area contributed by atoms with Crippen LogP contribution in [-0.2, 0) is 4.79 Å². The minimum atomic E-state index is -0.176. The molecule has 3 fully saturated rings. The predicted octanol–water partition coefficient (Wildman–Crippen LogP) is 1.81. The van der Waals surface area contributed by atoms with Gasteiger partial charge in [0.15, 0.2) is 0 Å². The monoisotopic (exact) mass is 279 g/mol. The minimum absolute atomic E-state index is 0.176. The molecular formula is C16H29N3O. The first-order valence-electron chi connectivity index (χ1n) is 8.36. The number of carbonyl (C=O) groups is 1. The Morgan fingerprint density at radius 2 is 1.85 bits per heavy atom. The predicted molar refractivity (Wildman–Crippen MR) is 80.3 cm³/mol. The van der Waals surface area contributed by atoms with Gasteiger partial charge in [-0.25, -0.2) is 0 Å². The van der Waals surface area contributed by atoms with E-state index in [0.717, 1.165) is 19.4 Å². The molecule has 0 aromatic heterocycles. The van der Waals surface area contributed by atoms with Crippen molar-refractivity contribution in [1.29, 1.82) is 0 Å². The van der Waals surface area contributed by atoms with Crippen LogP contribution in [0, 0.1) is 5.92 Å². The Kier molecular flexibility index (Phi) is 3.80. The summed E-state index contributed by atoms with van der Waals surface area (Å²) in [5.74, 6) is 0.837. The van der Waals surface area contributed by atoms with Crippen LogP contribution in [0.25, 0.3) is 0 Å². The summed E-state index contributed by atoms with van der Waals surface area (Å²) in [6.07, 6.45) is 6.29. The number of hydrogen-bond donors (Lipinski definition) is 1. The number of piperidine rings is 1. The molecule has 4 nitrogen and oxygen atoms in total. The Hall–Kier alpha value is -0.610. The highest BCUT2D eigenvalue weighted by Crippen LogP contribution is 2.44. The molecule has 1 aliphatic carbocycles. The number of rotatable bonds is 4. The highest BCUT2D eigenvalue weighted by molar-refractivity contribution is 5.92. The van der Waals surface area contributed by atoms with Crippen molar-refractivity contribution in [1.82, 2.24) is 15.1 Å². The maximum absolute atomic E-state index is 12.7. The first-order chi connectivity index (χ1) is 9.53. The SMILES string of the molecule is CC(C)C1NC2(CC2)C(=O)N1C(C)CN1CCCCC1. The molecule has 1 N–H and O–H groups in total. The molecule has 114 valence electrons. The molecule has 1 spiro atoms. The lowest BCUT2D eigenvalue weighted by molar-refractivity contribution is -0.133. The van der Waals surface area contributed by atoms with Gasteiger partial charge in [-0.2, -0.15) is 0 Å². The third kappa shape index (κ3) is 2.48. The van der Waals surface area contributed by atoms with Gasteiger partial charge in [0.05, 0.1) is 11.7 Å². The average Bonchev–Trinajstić information content (AvgIpc) is 3.13. The maximum atomic E-state index is 12.7. The van der Waals surface area contributed by atoms with Crippen molar-refractivity contribution in [2.45, 2.75) is 70.6 Å². The van der Waals surface area contributed by atoms with Gasteiger partial charge in [0.2, 0.25) is 5.91 Å². The first kappa shape index (κ1) is 14.3. The van der Waals surface area contributed by atoms with E-state index in [4.69, 9.17) is 0 Å². The molecule has 4 heteroatoms. The Bertz CT molecular complexity index is 372. The van der Waals surface area contributed by atoms with Crippen molar-refractivity contribution < 1.29 is 4.79 Å². The Balaban J connectivity index is 1.67. The lowest BCUT2D eigenvalue weighted by atomic mass is 10.1. The van der Waals surface area contributed by atoms with E-state index in [9.17, 15) is 4.79 Å². The van der Waals surface area contributed by atoms with E-state index < -0.39 is 0 Å². The molecule has 3 rings (SSSR count). The summed E-state index contributed by atoms with van der Waals surface area (Å²) in [6.45, 7) is 10.1. The van der Waals surface area contributed by atoms with Gasteiger partial charge in [-0.05, 0) is 51.6 Å². The Morgan fingerprint density at radius 1 is 1.20 bits per heavy atom. The van der Waals surface area contributed by atoms with Crippen LogP contribution in [0.3, 0.4) is 0 Å². The van der Waals surface area contributed by atoms with Crippen LogP contribution < -0.4 is 5.32 Å². The average molecular weight is 279 g/mol. The minimum Gasteiger partial charge on any atom is -0.321 e. The van der Waals surface area contributed by atoms with Crippen molar-refractivity contribution in [3.63, 3.8) is 0 Å². The third-order valence-corrected chi connectivity index (χ3v) is 5.20. The number of carbonyl (C=O) groups excluding carboxylic acids is 1. The zero-order chi connectivity index (χ0) is 14.3.